The van der Waals surface area contributed by atoms with Crippen LogP contribution in [0.2, 0.25) is 0 Å². The molecule has 0 bridgehead atoms. The third kappa shape index (κ3) is 3.42. The van der Waals surface area contributed by atoms with Crippen molar-refractivity contribution >= 4 is 29.8 Å². The number of halogens is 3. The largest absolute Gasteiger partial charge is 0.351 e. The number of benzene rings is 2. The third-order valence-electron chi connectivity index (χ3n) is 2.39. The first-order chi connectivity index (χ1) is 8.58. The maximum absolute atomic E-state index is 12.8. The summed E-state index contributed by atoms with van der Waals surface area (Å²) in [5.41, 5.74) is 6.10. The van der Waals surface area contributed by atoms with Crippen LogP contribution in [0.5, 0.6) is 0 Å². The minimum absolute atomic E-state index is 0. The van der Waals surface area contributed by atoms with Crippen LogP contribution in [0.1, 0.15) is 0 Å². The van der Waals surface area contributed by atoms with Gasteiger partial charge >= 0.3 is 6.03 Å². The highest BCUT2D eigenvalue weighted by molar-refractivity contribution is 5.98. The van der Waals surface area contributed by atoms with Gasteiger partial charge in [0.1, 0.15) is 11.6 Å². The lowest BCUT2D eigenvalue weighted by molar-refractivity contribution is 0.256. The molecule has 0 aliphatic rings. The Balaban J connectivity index is 0.00000180. The molecule has 0 spiro atoms. The monoisotopic (exact) mass is 284 g/mol. The summed E-state index contributed by atoms with van der Waals surface area (Å²) in [6.07, 6.45) is 0. The van der Waals surface area contributed by atoms with Crippen molar-refractivity contribution in [2.24, 2.45) is 5.73 Å². The van der Waals surface area contributed by atoms with Crippen molar-refractivity contribution in [1.82, 2.24) is 0 Å². The molecule has 2 rings (SSSR count). The van der Waals surface area contributed by atoms with Crippen molar-refractivity contribution in [2.75, 3.05) is 4.90 Å². The molecular formula is C13H11ClF2N2O. The van der Waals surface area contributed by atoms with Crippen molar-refractivity contribution in [3.63, 3.8) is 0 Å². The molecule has 2 amide bonds. The van der Waals surface area contributed by atoms with Crippen LogP contribution in [0, 0.1) is 11.6 Å². The molecule has 100 valence electrons. The normalized spacial score (nSPS) is 9.58. The molecule has 3 nitrogen and oxygen atoms in total. The summed E-state index contributed by atoms with van der Waals surface area (Å²) in [6.45, 7) is 0. The summed E-state index contributed by atoms with van der Waals surface area (Å²) in [5, 5.41) is 0. The molecule has 0 atom stereocenters. The van der Waals surface area contributed by atoms with Gasteiger partial charge in [-0.1, -0.05) is 0 Å². The van der Waals surface area contributed by atoms with Gasteiger partial charge in [-0.15, -0.1) is 12.4 Å². The van der Waals surface area contributed by atoms with Crippen molar-refractivity contribution in [2.45, 2.75) is 0 Å². The summed E-state index contributed by atoms with van der Waals surface area (Å²) in [4.78, 5) is 12.6. The molecule has 0 saturated heterocycles. The Morgan fingerprint density at radius 2 is 1.16 bits per heavy atom. The zero-order valence-corrected chi connectivity index (χ0v) is 10.5. The molecule has 0 unspecified atom stereocenters. The smallest absolute Gasteiger partial charge is 0.323 e. The summed E-state index contributed by atoms with van der Waals surface area (Å²) in [5.74, 6) is -0.829. The maximum Gasteiger partial charge on any atom is 0.323 e. The van der Waals surface area contributed by atoms with E-state index in [1.54, 1.807) is 0 Å². The minimum Gasteiger partial charge on any atom is -0.351 e. The summed E-state index contributed by atoms with van der Waals surface area (Å²) in [7, 11) is 0. The van der Waals surface area contributed by atoms with Crippen LogP contribution in [0.4, 0.5) is 25.0 Å². The summed E-state index contributed by atoms with van der Waals surface area (Å²) >= 11 is 0. The first-order valence-electron chi connectivity index (χ1n) is 5.18. The fraction of sp³-hybridized carbons (Fsp3) is 0. The van der Waals surface area contributed by atoms with Crippen LogP contribution in [0.3, 0.4) is 0 Å². The van der Waals surface area contributed by atoms with E-state index in [-0.39, 0.29) is 12.4 Å². The molecule has 19 heavy (non-hydrogen) atoms. The van der Waals surface area contributed by atoms with Crippen LogP contribution in [0.15, 0.2) is 48.5 Å². The van der Waals surface area contributed by atoms with Crippen LogP contribution < -0.4 is 10.6 Å². The van der Waals surface area contributed by atoms with E-state index < -0.39 is 17.7 Å². The second kappa shape index (κ2) is 6.15. The molecule has 6 heteroatoms. The minimum atomic E-state index is -0.729. The summed E-state index contributed by atoms with van der Waals surface area (Å²) < 4.78 is 25.6. The predicted octanol–water partition coefficient (Wildman–Crippen LogP) is 3.60. The number of carbonyl (C=O) groups excluding carboxylic acids is 1. The molecule has 0 aliphatic heterocycles. The molecule has 0 aromatic heterocycles. The Morgan fingerprint density at radius 3 is 1.42 bits per heavy atom. The molecule has 0 saturated carbocycles. The zero-order chi connectivity index (χ0) is 13.1. The number of nitrogens with two attached hydrogens (primary N) is 1. The Hall–Kier alpha value is -2.14. The van der Waals surface area contributed by atoms with E-state index in [0.717, 1.165) is 0 Å². The van der Waals surface area contributed by atoms with E-state index in [0.29, 0.717) is 11.4 Å². The molecule has 2 N–H and O–H groups in total. The van der Waals surface area contributed by atoms with Gasteiger partial charge in [-0.2, -0.15) is 0 Å². The topological polar surface area (TPSA) is 46.3 Å². The van der Waals surface area contributed by atoms with E-state index in [1.165, 1.54) is 53.4 Å². The van der Waals surface area contributed by atoms with Gasteiger partial charge in [-0.3, -0.25) is 4.90 Å². The Kier molecular flexibility index (Phi) is 4.83. The van der Waals surface area contributed by atoms with E-state index >= 15 is 0 Å². The van der Waals surface area contributed by atoms with Gasteiger partial charge in [0.2, 0.25) is 0 Å². The Morgan fingerprint density at radius 1 is 0.842 bits per heavy atom. The van der Waals surface area contributed by atoms with E-state index in [9.17, 15) is 13.6 Å². The number of urea groups is 1. The van der Waals surface area contributed by atoms with Gasteiger partial charge in [0.05, 0.1) is 11.4 Å². The Labute approximate surface area is 115 Å². The highest BCUT2D eigenvalue weighted by Gasteiger charge is 2.14. The van der Waals surface area contributed by atoms with Gasteiger partial charge in [-0.05, 0) is 48.5 Å². The van der Waals surface area contributed by atoms with Crippen LogP contribution >= 0.6 is 12.4 Å². The third-order valence-corrected chi connectivity index (χ3v) is 2.39. The second-order valence-corrected chi connectivity index (χ2v) is 3.63. The van der Waals surface area contributed by atoms with Crippen LogP contribution in [-0.2, 0) is 0 Å². The van der Waals surface area contributed by atoms with Gasteiger partial charge < -0.3 is 5.73 Å². The molecule has 0 radical (unpaired) electrons. The molecule has 2 aromatic rings. The van der Waals surface area contributed by atoms with Gasteiger partial charge in [0, 0.05) is 0 Å². The number of hydrogen-bond acceptors (Lipinski definition) is 1. The number of primary amides is 1. The van der Waals surface area contributed by atoms with E-state index in [4.69, 9.17) is 5.73 Å². The second-order valence-electron chi connectivity index (χ2n) is 3.63. The van der Waals surface area contributed by atoms with Gasteiger partial charge in [0.25, 0.3) is 0 Å². The van der Waals surface area contributed by atoms with Crippen molar-refractivity contribution in [1.29, 1.82) is 0 Å². The first kappa shape index (κ1) is 14.9. The fourth-order valence-corrected chi connectivity index (χ4v) is 1.58. The van der Waals surface area contributed by atoms with Crippen LogP contribution in [0.25, 0.3) is 0 Å². The number of hydrogen-bond donors (Lipinski definition) is 1. The number of rotatable bonds is 2. The lowest BCUT2D eigenvalue weighted by Crippen LogP contribution is -2.31. The Bertz CT molecular complexity index is 512. The molecule has 2 aromatic carbocycles. The van der Waals surface area contributed by atoms with Gasteiger partial charge in [-0.25, -0.2) is 13.6 Å². The number of carbonyl (C=O) groups is 1. The van der Waals surface area contributed by atoms with E-state index in [1.807, 2.05) is 0 Å². The van der Waals surface area contributed by atoms with Crippen LogP contribution in [-0.4, -0.2) is 6.03 Å². The first-order valence-corrected chi connectivity index (χ1v) is 5.18. The molecule has 0 aliphatic carbocycles. The van der Waals surface area contributed by atoms with Crippen molar-refractivity contribution < 1.29 is 13.6 Å². The number of nitrogens with zero attached hydrogens (tertiary/aromatic N) is 1. The van der Waals surface area contributed by atoms with Crippen molar-refractivity contribution in [3.05, 3.63) is 60.2 Å². The lowest BCUT2D eigenvalue weighted by Gasteiger charge is -2.20. The highest BCUT2D eigenvalue weighted by Crippen LogP contribution is 2.25. The number of amides is 2. The predicted molar refractivity (Wildman–Crippen MR) is 71.8 cm³/mol. The van der Waals surface area contributed by atoms with E-state index in [2.05, 4.69) is 0 Å². The average molecular weight is 285 g/mol. The lowest BCUT2D eigenvalue weighted by atomic mass is 10.2. The average Bonchev–Trinajstić information content (AvgIpc) is 2.34. The molecule has 0 fully saturated rings. The molecule has 0 heterocycles. The SMILES string of the molecule is Cl.NC(=O)N(c1ccc(F)cc1)c1ccc(F)cc1. The molecular weight excluding hydrogens is 274 g/mol. The quantitative estimate of drug-likeness (QED) is 0.900. The summed E-state index contributed by atoms with van der Waals surface area (Å²) in [6, 6.07) is 9.82. The zero-order valence-electron chi connectivity index (χ0n) is 9.72. The fourth-order valence-electron chi connectivity index (χ4n) is 1.58. The van der Waals surface area contributed by atoms with Gasteiger partial charge in [0.15, 0.2) is 0 Å². The highest BCUT2D eigenvalue weighted by atomic mass is 35.5. The number of anilines is 2. The standard InChI is InChI=1S/C13H10F2N2O.ClH/c14-9-1-5-11(6-2-9)17(13(16)18)12-7-3-10(15)4-8-12;/h1-8H,(H2,16,18);1H. The van der Waals surface area contributed by atoms with Crippen molar-refractivity contribution in [3.8, 4) is 0 Å². The maximum atomic E-state index is 12.8.